The maximum atomic E-state index is 11.6. The third-order valence-electron chi connectivity index (χ3n) is 2.05. The molecule has 0 aliphatic rings. The summed E-state index contributed by atoms with van der Waals surface area (Å²) in [5, 5.41) is 7.36. The van der Waals surface area contributed by atoms with E-state index in [2.05, 4.69) is 15.7 Å². The number of anilines is 1. The van der Waals surface area contributed by atoms with Crippen LogP contribution in [0.4, 0.5) is 5.69 Å². The van der Waals surface area contributed by atoms with Crippen LogP contribution in [0.15, 0.2) is 18.3 Å². The first-order valence-electron chi connectivity index (χ1n) is 5.14. The predicted molar refractivity (Wildman–Crippen MR) is 67.0 cm³/mol. The third-order valence-corrected chi connectivity index (χ3v) is 2.91. The van der Waals surface area contributed by atoms with Gasteiger partial charge >= 0.3 is 0 Å². The van der Waals surface area contributed by atoms with E-state index in [1.54, 1.807) is 6.07 Å². The molecule has 1 heterocycles. The van der Waals surface area contributed by atoms with Gasteiger partial charge in [-0.15, -0.1) is 0 Å². The van der Waals surface area contributed by atoms with Gasteiger partial charge in [0.25, 0.3) is 5.91 Å². The maximum absolute atomic E-state index is 11.6. The van der Waals surface area contributed by atoms with Crippen molar-refractivity contribution in [1.29, 1.82) is 0 Å². The molecule has 0 unspecified atom stereocenters. The summed E-state index contributed by atoms with van der Waals surface area (Å²) in [4.78, 5) is 15.4. The van der Waals surface area contributed by atoms with Gasteiger partial charge in [0.15, 0.2) is 0 Å². The summed E-state index contributed by atoms with van der Waals surface area (Å²) in [5.74, 6) is 4.60. The van der Waals surface area contributed by atoms with E-state index in [1.165, 1.54) is 12.3 Å². The van der Waals surface area contributed by atoms with E-state index in [9.17, 15) is 13.2 Å². The minimum absolute atomic E-state index is 0.170. The van der Waals surface area contributed by atoms with Gasteiger partial charge in [-0.2, -0.15) is 0 Å². The third kappa shape index (κ3) is 5.08. The van der Waals surface area contributed by atoms with Gasteiger partial charge < -0.3 is 10.7 Å². The Morgan fingerprint density at radius 3 is 2.61 bits per heavy atom. The largest absolute Gasteiger partial charge is 0.351 e. The molecular weight excluding hydrogens is 258 g/mol. The molecule has 18 heavy (non-hydrogen) atoms. The van der Waals surface area contributed by atoms with Crippen LogP contribution in [-0.2, 0) is 10.0 Å². The second-order valence-corrected chi connectivity index (χ2v) is 5.29. The Balaban J connectivity index is 2.40. The van der Waals surface area contributed by atoms with Crippen molar-refractivity contribution in [2.24, 2.45) is 11.0 Å². The average molecular weight is 273 g/mol. The molecule has 1 aromatic heterocycles. The van der Waals surface area contributed by atoms with Crippen LogP contribution in [-0.4, -0.2) is 31.6 Å². The standard InChI is InChI=1S/C9H15N5O3S/c10-14-7-2-3-8(13-6-7)9(15)12-4-1-5-18(11,16)17/h2-3,6,14H,1,4-5,10H2,(H,12,15)(H2,11,16,17). The summed E-state index contributed by atoms with van der Waals surface area (Å²) < 4.78 is 21.3. The maximum Gasteiger partial charge on any atom is 0.269 e. The van der Waals surface area contributed by atoms with Crippen LogP contribution in [0.25, 0.3) is 0 Å². The Hall–Kier alpha value is -1.71. The lowest BCUT2D eigenvalue weighted by atomic mass is 10.3. The Bertz CT molecular complexity index is 499. The van der Waals surface area contributed by atoms with Crippen LogP contribution >= 0.6 is 0 Å². The summed E-state index contributed by atoms with van der Waals surface area (Å²) in [6.07, 6.45) is 1.67. The average Bonchev–Trinajstić information content (AvgIpc) is 2.33. The first-order chi connectivity index (χ1) is 8.42. The van der Waals surface area contributed by atoms with Gasteiger partial charge in [-0.25, -0.2) is 18.5 Å². The molecule has 0 saturated heterocycles. The number of sulfonamides is 1. The number of pyridine rings is 1. The first kappa shape index (κ1) is 14.4. The molecule has 9 heteroatoms. The normalized spacial score (nSPS) is 11.0. The molecule has 0 fully saturated rings. The number of hydrogen-bond acceptors (Lipinski definition) is 6. The Morgan fingerprint density at radius 1 is 1.39 bits per heavy atom. The van der Waals surface area contributed by atoms with Gasteiger partial charge in [-0.1, -0.05) is 0 Å². The van der Waals surface area contributed by atoms with Crippen LogP contribution in [0.1, 0.15) is 16.9 Å². The lowest BCUT2D eigenvalue weighted by molar-refractivity contribution is 0.0949. The lowest BCUT2D eigenvalue weighted by Gasteiger charge is -2.05. The van der Waals surface area contributed by atoms with Crippen LogP contribution in [0.3, 0.4) is 0 Å². The van der Waals surface area contributed by atoms with Gasteiger partial charge in [-0.05, 0) is 18.6 Å². The highest BCUT2D eigenvalue weighted by molar-refractivity contribution is 7.89. The first-order valence-corrected chi connectivity index (χ1v) is 6.85. The fourth-order valence-electron chi connectivity index (χ4n) is 1.18. The number of aromatic nitrogens is 1. The summed E-state index contributed by atoms with van der Waals surface area (Å²) >= 11 is 0. The molecule has 0 aromatic carbocycles. The highest BCUT2D eigenvalue weighted by Crippen LogP contribution is 2.03. The monoisotopic (exact) mass is 273 g/mol. The molecule has 0 bridgehead atoms. The molecule has 0 aliphatic carbocycles. The van der Waals surface area contributed by atoms with Crippen molar-refractivity contribution in [2.75, 3.05) is 17.7 Å². The van der Waals surface area contributed by atoms with Crippen molar-refractivity contribution < 1.29 is 13.2 Å². The molecular formula is C9H15N5O3S. The summed E-state index contributed by atoms with van der Waals surface area (Å²) in [6, 6.07) is 3.11. The Kier molecular flexibility index (Phi) is 5.01. The zero-order valence-electron chi connectivity index (χ0n) is 9.59. The lowest BCUT2D eigenvalue weighted by Crippen LogP contribution is -2.28. The summed E-state index contributed by atoms with van der Waals surface area (Å²) in [6.45, 7) is 0.216. The fourth-order valence-corrected chi connectivity index (χ4v) is 1.73. The number of amides is 1. The number of primary sulfonamides is 1. The van der Waals surface area contributed by atoms with E-state index >= 15 is 0 Å². The second-order valence-electron chi connectivity index (χ2n) is 3.55. The summed E-state index contributed by atoms with van der Waals surface area (Å²) in [7, 11) is -3.48. The van der Waals surface area contributed by atoms with Gasteiger partial charge in [0.1, 0.15) is 5.69 Å². The number of hydrogen-bond donors (Lipinski definition) is 4. The van der Waals surface area contributed by atoms with E-state index in [-0.39, 0.29) is 30.3 Å². The SMILES string of the molecule is NNc1ccc(C(=O)NCCCS(N)(=O)=O)nc1. The van der Waals surface area contributed by atoms with E-state index in [0.717, 1.165) is 0 Å². The van der Waals surface area contributed by atoms with Crippen LogP contribution in [0, 0.1) is 0 Å². The van der Waals surface area contributed by atoms with Crippen molar-refractivity contribution in [3.63, 3.8) is 0 Å². The quantitative estimate of drug-likeness (QED) is 0.291. The number of nitrogens with one attached hydrogen (secondary N) is 2. The molecule has 6 N–H and O–H groups in total. The molecule has 100 valence electrons. The smallest absolute Gasteiger partial charge is 0.269 e. The van der Waals surface area contributed by atoms with Crippen molar-refractivity contribution in [2.45, 2.75) is 6.42 Å². The summed E-state index contributed by atoms with van der Waals surface area (Å²) in [5.41, 5.74) is 3.20. The van der Waals surface area contributed by atoms with Crippen molar-refractivity contribution in [1.82, 2.24) is 10.3 Å². The number of hydrazine groups is 1. The molecule has 1 amide bonds. The zero-order chi connectivity index (χ0) is 13.6. The molecule has 1 rings (SSSR count). The molecule has 0 saturated carbocycles. The number of nitrogen functional groups attached to an aromatic ring is 1. The van der Waals surface area contributed by atoms with Gasteiger partial charge in [0.2, 0.25) is 10.0 Å². The number of nitrogens with zero attached hydrogens (tertiary/aromatic N) is 1. The highest BCUT2D eigenvalue weighted by Gasteiger charge is 2.07. The number of rotatable bonds is 6. The topological polar surface area (TPSA) is 140 Å². The predicted octanol–water partition coefficient (Wildman–Crippen LogP) is -1.22. The van der Waals surface area contributed by atoms with Crippen LogP contribution < -0.4 is 21.7 Å². The molecule has 8 nitrogen and oxygen atoms in total. The van der Waals surface area contributed by atoms with Crippen molar-refractivity contribution in [3.8, 4) is 0 Å². The fraction of sp³-hybridized carbons (Fsp3) is 0.333. The molecule has 0 aliphatic heterocycles. The zero-order valence-corrected chi connectivity index (χ0v) is 10.4. The van der Waals surface area contributed by atoms with Crippen LogP contribution in [0.2, 0.25) is 0 Å². The van der Waals surface area contributed by atoms with E-state index in [0.29, 0.717) is 5.69 Å². The van der Waals surface area contributed by atoms with E-state index in [4.69, 9.17) is 11.0 Å². The Morgan fingerprint density at radius 2 is 2.11 bits per heavy atom. The van der Waals surface area contributed by atoms with Crippen molar-refractivity contribution >= 4 is 21.6 Å². The van der Waals surface area contributed by atoms with E-state index < -0.39 is 10.0 Å². The highest BCUT2D eigenvalue weighted by atomic mass is 32.2. The minimum atomic E-state index is -3.48. The van der Waals surface area contributed by atoms with Gasteiger partial charge in [-0.3, -0.25) is 10.6 Å². The molecule has 1 aromatic rings. The minimum Gasteiger partial charge on any atom is -0.351 e. The molecule has 0 spiro atoms. The van der Waals surface area contributed by atoms with Crippen molar-refractivity contribution in [3.05, 3.63) is 24.0 Å². The Labute approximate surface area is 105 Å². The van der Waals surface area contributed by atoms with E-state index in [1.807, 2.05) is 0 Å². The van der Waals surface area contributed by atoms with Gasteiger partial charge in [0, 0.05) is 6.54 Å². The number of nitrogens with two attached hydrogens (primary N) is 2. The molecule has 0 atom stereocenters. The second kappa shape index (κ2) is 6.28. The van der Waals surface area contributed by atoms with Gasteiger partial charge in [0.05, 0.1) is 17.6 Å². The number of carbonyl (C=O) groups is 1. The number of carbonyl (C=O) groups excluding carboxylic acids is 1. The molecule has 0 radical (unpaired) electrons. The van der Waals surface area contributed by atoms with Crippen LogP contribution in [0.5, 0.6) is 0 Å².